The maximum absolute atomic E-state index is 5.55. The normalized spacial score (nSPS) is 22.4. The van der Waals surface area contributed by atoms with Crippen LogP contribution in [0.4, 0.5) is 0 Å². The van der Waals surface area contributed by atoms with Gasteiger partial charge in [-0.1, -0.05) is 32.1 Å². The number of ether oxygens (including phenoxy) is 1. The van der Waals surface area contributed by atoms with E-state index >= 15 is 0 Å². The molecule has 0 aromatic carbocycles. The van der Waals surface area contributed by atoms with Gasteiger partial charge in [0.1, 0.15) is 5.76 Å². The van der Waals surface area contributed by atoms with Gasteiger partial charge in [-0.3, -0.25) is 0 Å². The zero-order chi connectivity index (χ0) is 10.2. The van der Waals surface area contributed by atoms with Gasteiger partial charge in [0.15, 0.2) is 0 Å². The zero-order valence-electron chi connectivity index (χ0n) is 9.00. The molecule has 2 rings (SSSR count). The van der Waals surface area contributed by atoms with Crippen molar-refractivity contribution < 1.29 is 4.74 Å². The summed E-state index contributed by atoms with van der Waals surface area (Å²) < 4.78 is 5.55. The van der Waals surface area contributed by atoms with Crippen LogP contribution in [0, 0.1) is 5.41 Å². The fourth-order valence-electron chi connectivity index (χ4n) is 2.02. The Kier molecular flexibility index (Phi) is 2.10. The molecule has 74 valence electrons. The van der Waals surface area contributed by atoms with Gasteiger partial charge in [-0.25, -0.2) is 0 Å². The molecule has 0 N–H and O–H groups in total. The van der Waals surface area contributed by atoms with Crippen LogP contribution >= 0.6 is 0 Å². The summed E-state index contributed by atoms with van der Waals surface area (Å²) >= 11 is 0. The minimum Gasteiger partial charge on any atom is -0.494 e. The first-order valence-corrected chi connectivity index (χ1v) is 5.10. The number of hydrogen-bond donors (Lipinski definition) is 0. The van der Waals surface area contributed by atoms with Crippen LogP contribution in [0.15, 0.2) is 47.3 Å². The second kappa shape index (κ2) is 3.16. The molecule has 14 heavy (non-hydrogen) atoms. The summed E-state index contributed by atoms with van der Waals surface area (Å²) in [5.41, 5.74) is 2.78. The fraction of sp³-hybridized carbons (Fsp3) is 0.385. The van der Waals surface area contributed by atoms with Gasteiger partial charge in [-0.2, -0.15) is 0 Å². The van der Waals surface area contributed by atoms with Gasteiger partial charge in [0, 0.05) is 5.41 Å². The standard InChI is InChI=1S/C13H16O/c1-4-14-11-8-10-6-5-7-12(10)13(2,3)9-11/h5-9H,4H2,1-3H3. The van der Waals surface area contributed by atoms with Gasteiger partial charge >= 0.3 is 0 Å². The lowest BCUT2D eigenvalue weighted by Crippen LogP contribution is -2.16. The van der Waals surface area contributed by atoms with Crippen molar-refractivity contribution in [1.29, 1.82) is 0 Å². The molecule has 0 saturated heterocycles. The van der Waals surface area contributed by atoms with Crippen LogP contribution in [-0.2, 0) is 4.74 Å². The van der Waals surface area contributed by atoms with E-state index in [1.807, 2.05) is 6.92 Å². The van der Waals surface area contributed by atoms with Crippen LogP contribution in [0.25, 0.3) is 0 Å². The predicted octanol–water partition coefficient (Wildman–Crippen LogP) is 3.37. The van der Waals surface area contributed by atoms with E-state index in [0.717, 1.165) is 12.4 Å². The molecule has 1 nitrogen and oxygen atoms in total. The molecule has 0 saturated carbocycles. The SMILES string of the molecule is CCOC1=CC(C)(C)C2=CC=CC2=C1. The summed E-state index contributed by atoms with van der Waals surface area (Å²) in [6.07, 6.45) is 10.7. The summed E-state index contributed by atoms with van der Waals surface area (Å²) in [5, 5.41) is 0. The predicted molar refractivity (Wildman–Crippen MR) is 58.8 cm³/mol. The summed E-state index contributed by atoms with van der Waals surface area (Å²) in [4.78, 5) is 0. The molecule has 0 aromatic heterocycles. The molecule has 2 aliphatic carbocycles. The summed E-state index contributed by atoms with van der Waals surface area (Å²) in [6.45, 7) is 7.19. The second-order valence-electron chi connectivity index (χ2n) is 4.24. The van der Waals surface area contributed by atoms with Gasteiger partial charge in [0.05, 0.1) is 6.61 Å². The average Bonchev–Trinajstić information content (AvgIpc) is 2.52. The Hall–Kier alpha value is -1.24. The molecular formula is C13H16O. The molecule has 0 aliphatic heterocycles. The highest BCUT2D eigenvalue weighted by Gasteiger charge is 2.28. The maximum Gasteiger partial charge on any atom is 0.116 e. The molecule has 1 heteroatoms. The van der Waals surface area contributed by atoms with Crippen LogP contribution in [-0.4, -0.2) is 6.61 Å². The third-order valence-corrected chi connectivity index (χ3v) is 2.66. The van der Waals surface area contributed by atoms with Crippen molar-refractivity contribution >= 4 is 0 Å². The summed E-state index contributed by atoms with van der Waals surface area (Å²) in [6, 6.07) is 0. The van der Waals surface area contributed by atoms with Gasteiger partial charge in [0.2, 0.25) is 0 Å². The van der Waals surface area contributed by atoms with E-state index in [9.17, 15) is 0 Å². The van der Waals surface area contributed by atoms with Gasteiger partial charge in [-0.05, 0) is 30.2 Å². The fourth-order valence-corrected chi connectivity index (χ4v) is 2.02. The Morgan fingerprint density at radius 1 is 1.36 bits per heavy atom. The Morgan fingerprint density at radius 3 is 2.86 bits per heavy atom. The molecule has 0 radical (unpaired) electrons. The number of rotatable bonds is 2. The van der Waals surface area contributed by atoms with Crippen molar-refractivity contribution in [2.45, 2.75) is 20.8 Å². The van der Waals surface area contributed by atoms with Crippen molar-refractivity contribution in [2.24, 2.45) is 5.41 Å². The van der Waals surface area contributed by atoms with Crippen molar-refractivity contribution in [2.75, 3.05) is 6.61 Å². The summed E-state index contributed by atoms with van der Waals surface area (Å²) in [5.74, 6) is 0.996. The summed E-state index contributed by atoms with van der Waals surface area (Å²) in [7, 11) is 0. The van der Waals surface area contributed by atoms with Crippen LogP contribution in [0.1, 0.15) is 20.8 Å². The van der Waals surface area contributed by atoms with E-state index in [1.165, 1.54) is 11.1 Å². The highest BCUT2D eigenvalue weighted by Crippen LogP contribution is 2.41. The van der Waals surface area contributed by atoms with E-state index in [0.29, 0.717) is 0 Å². The van der Waals surface area contributed by atoms with E-state index in [2.05, 4.69) is 44.2 Å². The highest BCUT2D eigenvalue weighted by molar-refractivity contribution is 5.57. The largest absolute Gasteiger partial charge is 0.494 e. The molecule has 0 spiro atoms. The molecule has 0 heterocycles. The topological polar surface area (TPSA) is 9.23 Å². The van der Waals surface area contributed by atoms with Crippen molar-refractivity contribution in [3.05, 3.63) is 47.3 Å². The lowest BCUT2D eigenvalue weighted by molar-refractivity contribution is 0.235. The van der Waals surface area contributed by atoms with Gasteiger partial charge in [-0.15, -0.1) is 0 Å². The van der Waals surface area contributed by atoms with E-state index in [4.69, 9.17) is 4.74 Å². The molecule has 2 aliphatic rings. The number of fused-ring (bicyclic) bond motifs is 1. The smallest absolute Gasteiger partial charge is 0.116 e. The van der Waals surface area contributed by atoms with Gasteiger partial charge < -0.3 is 4.74 Å². The molecule has 0 unspecified atom stereocenters. The lowest BCUT2D eigenvalue weighted by atomic mass is 9.78. The first-order chi connectivity index (χ1) is 6.63. The highest BCUT2D eigenvalue weighted by atomic mass is 16.5. The molecule has 0 bridgehead atoms. The van der Waals surface area contributed by atoms with Crippen molar-refractivity contribution in [1.82, 2.24) is 0 Å². The molecule has 0 atom stereocenters. The third kappa shape index (κ3) is 1.43. The first kappa shape index (κ1) is 9.32. The van der Waals surface area contributed by atoms with E-state index in [-0.39, 0.29) is 5.41 Å². The minimum atomic E-state index is 0.0953. The Balaban J connectivity index is 2.37. The van der Waals surface area contributed by atoms with Crippen LogP contribution in [0.5, 0.6) is 0 Å². The second-order valence-corrected chi connectivity index (χ2v) is 4.24. The van der Waals surface area contributed by atoms with E-state index < -0.39 is 0 Å². The van der Waals surface area contributed by atoms with Crippen LogP contribution < -0.4 is 0 Å². The first-order valence-electron chi connectivity index (χ1n) is 5.10. The van der Waals surface area contributed by atoms with Crippen LogP contribution in [0.2, 0.25) is 0 Å². The van der Waals surface area contributed by atoms with Crippen LogP contribution in [0.3, 0.4) is 0 Å². The maximum atomic E-state index is 5.55. The van der Waals surface area contributed by atoms with Crippen molar-refractivity contribution in [3.8, 4) is 0 Å². The lowest BCUT2D eigenvalue weighted by Gasteiger charge is -2.28. The third-order valence-electron chi connectivity index (χ3n) is 2.66. The monoisotopic (exact) mass is 188 g/mol. The van der Waals surface area contributed by atoms with Gasteiger partial charge in [0.25, 0.3) is 0 Å². The molecular weight excluding hydrogens is 172 g/mol. The van der Waals surface area contributed by atoms with Crippen molar-refractivity contribution in [3.63, 3.8) is 0 Å². The number of allylic oxidation sites excluding steroid dienone is 7. The quantitative estimate of drug-likeness (QED) is 0.645. The minimum absolute atomic E-state index is 0.0953. The molecule has 0 amide bonds. The molecule has 0 aromatic rings. The Bertz CT molecular complexity index is 365. The Morgan fingerprint density at radius 2 is 2.14 bits per heavy atom. The number of hydrogen-bond acceptors (Lipinski definition) is 1. The van der Waals surface area contributed by atoms with E-state index in [1.54, 1.807) is 0 Å². The Labute approximate surface area is 85.5 Å². The molecule has 0 fully saturated rings. The average molecular weight is 188 g/mol. The zero-order valence-corrected chi connectivity index (χ0v) is 9.00.